The molecule has 1 unspecified atom stereocenters. The highest BCUT2D eigenvalue weighted by molar-refractivity contribution is 6.30. The number of rotatable bonds is 3. The van der Waals surface area contributed by atoms with E-state index in [1.165, 1.54) is 0 Å². The summed E-state index contributed by atoms with van der Waals surface area (Å²) in [6.07, 6.45) is 0.558. The third-order valence-corrected chi connectivity index (χ3v) is 2.70. The molecule has 1 atom stereocenters. The molecule has 0 aliphatic rings. The van der Waals surface area contributed by atoms with Gasteiger partial charge in [0.15, 0.2) is 0 Å². The Labute approximate surface area is 100 Å². The molecule has 0 fully saturated rings. The van der Waals surface area contributed by atoms with E-state index in [-0.39, 0.29) is 5.91 Å². The molecular weight excluding hydrogens is 224 g/mol. The van der Waals surface area contributed by atoms with Gasteiger partial charge in [0, 0.05) is 10.6 Å². The summed E-state index contributed by atoms with van der Waals surface area (Å²) in [5.41, 5.74) is -0.323. The van der Waals surface area contributed by atoms with E-state index in [1.807, 2.05) is 6.92 Å². The number of halogens is 1. The van der Waals surface area contributed by atoms with E-state index in [2.05, 4.69) is 11.4 Å². The highest BCUT2D eigenvalue weighted by Crippen LogP contribution is 2.12. The predicted octanol–water partition coefficient (Wildman–Crippen LogP) is 2.76. The first-order valence-electron chi connectivity index (χ1n) is 5.00. The molecule has 84 valence electrons. The van der Waals surface area contributed by atoms with Crippen LogP contribution in [-0.4, -0.2) is 11.4 Å². The molecule has 16 heavy (non-hydrogen) atoms. The van der Waals surface area contributed by atoms with Crippen LogP contribution >= 0.6 is 11.6 Å². The Balaban J connectivity index is 2.81. The van der Waals surface area contributed by atoms with Crippen LogP contribution in [0.25, 0.3) is 0 Å². The molecule has 4 heteroatoms. The monoisotopic (exact) mass is 236 g/mol. The van der Waals surface area contributed by atoms with Gasteiger partial charge in [0.05, 0.1) is 6.07 Å². The fourth-order valence-electron chi connectivity index (χ4n) is 1.12. The summed E-state index contributed by atoms with van der Waals surface area (Å²) in [4.78, 5) is 11.8. The maximum atomic E-state index is 11.8. The third-order valence-electron chi connectivity index (χ3n) is 2.45. The van der Waals surface area contributed by atoms with Crippen LogP contribution in [0.3, 0.4) is 0 Å². The minimum Gasteiger partial charge on any atom is -0.334 e. The Bertz CT molecular complexity index is 422. The van der Waals surface area contributed by atoms with Gasteiger partial charge in [-0.25, -0.2) is 0 Å². The molecule has 1 aromatic rings. The average molecular weight is 237 g/mol. The van der Waals surface area contributed by atoms with Crippen molar-refractivity contribution in [3.05, 3.63) is 34.9 Å². The molecule has 1 N–H and O–H groups in total. The Morgan fingerprint density at radius 2 is 2.06 bits per heavy atom. The second-order valence-corrected chi connectivity index (χ2v) is 4.19. The summed E-state index contributed by atoms with van der Waals surface area (Å²) in [6, 6.07) is 8.63. The van der Waals surface area contributed by atoms with Gasteiger partial charge in [0.25, 0.3) is 5.91 Å². The highest BCUT2D eigenvalue weighted by Gasteiger charge is 2.23. The zero-order valence-corrected chi connectivity index (χ0v) is 10.0. The Hall–Kier alpha value is -1.53. The van der Waals surface area contributed by atoms with Crippen LogP contribution in [0, 0.1) is 11.3 Å². The van der Waals surface area contributed by atoms with E-state index in [0.29, 0.717) is 17.0 Å². The van der Waals surface area contributed by atoms with Crippen molar-refractivity contribution >= 4 is 17.5 Å². The number of hydrogen-bond donors (Lipinski definition) is 1. The molecular formula is C12H13ClN2O. The van der Waals surface area contributed by atoms with Gasteiger partial charge in [-0.3, -0.25) is 4.79 Å². The van der Waals surface area contributed by atoms with E-state index in [1.54, 1.807) is 31.2 Å². The molecule has 3 nitrogen and oxygen atoms in total. The van der Waals surface area contributed by atoms with Crippen LogP contribution in [0.5, 0.6) is 0 Å². The number of hydrogen-bond acceptors (Lipinski definition) is 2. The third kappa shape index (κ3) is 2.98. The lowest BCUT2D eigenvalue weighted by molar-refractivity contribution is 0.0923. The van der Waals surface area contributed by atoms with Crippen molar-refractivity contribution in [1.29, 1.82) is 5.26 Å². The van der Waals surface area contributed by atoms with E-state index >= 15 is 0 Å². The van der Waals surface area contributed by atoms with Crippen molar-refractivity contribution in [1.82, 2.24) is 5.32 Å². The number of carbonyl (C=O) groups is 1. The van der Waals surface area contributed by atoms with Gasteiger partial charge in [0.2, 0.25) is 0 Å². The van der Waals surface area contributed by atoms with Gasteiger partial charge in [0.1, 0.15) is 5.54 Å². The van der Waals surface area contributed by atoms with Crippen LogP contribution in [0.4, 0.5) is 0 Å². The number of nitrogens with one attached hydrogen (secondary N) is 1. The van der Waals surface area contributed by atoms with Crippen molar-refractivity contribution in [3.63, 3.8) is 0 Å². The molecule has 1 amide bonds. The minimum atomic E-state index is -0.823. The summed E-state index contributed by atoms with van der Waals surface area (Å²) in [5.74, 6) is -0.262. The molecule has 0 aromatic heterocycles. The van der Waals surface area contributed by atoms with E-state index < -0.39 is 5.54 Å². The van der Waals surface area contributed by atoms with Crippen LogP contribution in [0.2, 0.25) is 5.02 Å². The van der Waals surface area contributed by atoms with Gasteiger partial charge in [-0.2, -0.15) is 5.26 Å². The minimum absolute atomic E-state index is 0.262. The van der Waals surface area contributed by atoms with Crippen molar-refractivity contribution in [3.8, 4) is 6.07 Å². The van der Waals surface area contributed by atoms with E-state index in [9.17, 15) is 4.79 Å². The van der Waals surface area contributed by atoms with Gasteiger partial charge in [-0.1, -0.05) is 18.5 Å². The molecule has 0 radical (unpaired) electrons. The van der Waals surface area contributed by atoms with Crippen molar-refractivity contribution in [2.75, 3.05) is 0 Å². The van der Waals surface area contributed by atoms with E-state index in [4.69, 9.17) is 16.9 Å². The number of amides is 1. The van der Waals surface area contributed by atoms with Crippen LogP contribution in [0.15, 0.2) is 24.3 Å². The topological polar surface area (TPSA) is 52.9 Å². The zero-order valence-electron chi connectivity index (χ0n) is 9.25. The quantitative estimate of drug-likeness (QED) is 0.877. The second-order valence-electron chi connectivity index (χ2n) is 3.76. The second kappa shape index (κ2) is 5.00. The summed E-state index contributed by atoms with van der Waals surface area (Å²) in [6.45, 7) is 3.55. The molecule has 0 saturated heterocycles. The smallest absolute Gasteiger partial charge is 0.252 e. The summed E-state index contributed by atoms with van der Waals surface area (Å²) in [7, 11) is 0. The predicted molar refractivity (Wildman–Crippen MR) is 63.2 cm³/mol. The molecule has 0 spiro atoms. The maximum Gasteiger partial charge on any atom is 0.252 e. The van der Waals surface area contributed by atoms with E-state index in [0.717, 1.165) is 0 Å². The SMILES string of the molecule is CCC(C)(C#N)NC(=O)c1ccc(Cl)cc1. The first kappa shape index (κ1) is 12.5. The van der Waals surface area contributed by atoms with Crippen LogP contribution < -0.4 is 5.32 Å². The Kier molecular flexibility index (Phi) is 3.92. The van der Waals surface area contributed by atoms with Crippen molar-refractivity contribution in [2.24, 2.45) is 0 Å². The lowest BCUT2D eigenvalue weighted by atomic mass is 10.0. The normalized spacial score (nSPS) is 13.6. The largest absolute Gasteiger partial charge is 0.334 e. The van der Waals surface area contributed by atoms with Crippen molar-refractivity contribution < 1.29 is 4.79 Å². The van der Waals surface area contributed by atoms with Crippen LogP contribution in [0.1, 0.15) is 30.6 Å². The summed E-state index contributed by atoms with van der Waals surface area (Å²) in [5, 5.41) is 12.2. The molecule has 0 aliphatic carbocycles. The van der Waals surface area contributed by atoms with Gasteiger partial charge >= 0.3 is 0 Å². The lowest BCUT2D eigenvalue weighted by Gasteiger charge is -2.21. The molecule has 0 heterocycles. The van der Waals surface area contributed by atoms with Gasteiger partial charge < -0.3 is 5.32 Å². The standard InChI is InChI=1S/C12H13ClN2O/c1-3-12(2,8-14)15-11(16)9-4-6-10(13)7-5-9/h4-7H,3H2,1-2H3,(H,15,16). The number of carbonyl (C=O) groups excluding carboxylic acids is 1. The fourth-order valence-corrected chi connectivity index (χ4v) is 1.25. The highest BCUT2D eigenvalue weighted by atomic mass is 35.5. The van der Waals surface area contributed by atoms with Gasteiger partial charge in [-0.05, 0) is 37.6 Å². The Morgan fingerprint density at radius 1 is 1.50 bits per heavy atom. The zero-order chi connectivity index (χ0) is 12.2. The molecule has 0 saturated carbocycles. The fraction of sp³-hybridized carbons (Fsp3) is 0.333. The lowest BCUT2D eigenvalue weighted by Crippen LogP contribution is -2.44. The summed E-state index contributed by atoms with van der Waals surface area (Å²) < 4.78 is 0. The summed E-state index contributed by atoms with van der Waals surface area (Å²) >= 11 is 5.72. The maximum absolute atomic E-state index is 11.8. The first-order valence-corrected chi connectivity index (χ1v) is 5.38. The Morgan fingerprint density at radius 3 is 2.50 bits per heavy atom. The van der Waals surface area contributed by atoms with Gasteiger partial charge in [-0.15, -0.1) is 0 Å². The molecule has 1 rings (SSSR count). The average Bonchev–Trinajstić information content (AvgIpc) is 2.29. The number of benzene rings is 1. The molecule has 1 aromatic carbocycles. The number of nitriles is 1. The molecule has 0 bridgehead atoms. The van der Waals surface area contributed by atoms with Crippen LogP contribution in [-0.2, 0) is 0 Å². The first-order chi connectivity index (χ1) is 7.50. The molecule has 0 aliphatic heterocycles. The number of nitrogens with zero attached hydrogens (tertiary/aromatic N) is 1. The van der Waals surface area contributed by atoms with Crippen molar-refractivity contribution in [2.45, 2.75) is 25.8 Å².